The van der Waals surface area contributed by atoms with Gasteiger partial charge in [0.15, 0.2) is 6.39 Å². The number of carbonyl (C=O) groups excluding carboxylic acids is 2. The highest BCUT2D eigenvalue weighted by molar-refractivity contribution is 6.03. The first-order chi connectivity index (χ1) is 15.0. The van der Waals surface area contributed by atoms with E-state index in [4.69, 9.17) is 8.83 Å². The second kappa shape index (κ2) is 8.62. The van der Waals surface area contributed by atoms with Crippen molar-refractivity contribution in [1.82, 2.24) is 20.3 Å². The number of benzene rings is 1. The Morgan fingerprint density at radius 1 is 1.03 bits per heavy atom. The van der Waals surface area contributed by atoms with Gasteiger partial charge in [0, 0.05) is 17.4 Å². The fraction of sp³-hybridized carbons (Fsp3) is 0.136. The van der Waals surface area contributed by atoms with Crippen LogP contribution in [0.1, 0.15) is 38.2 Å². The van der Waals surface area contributed by atoms with Crippen molar-refractivity contribution in [3.63, 3.8) is 0 Å². The molecule has 0 saturated heterocycles. The minimum Gasteiger partial charge on any atom is -0.441 e. The van der Waals surface area contributed by atoms with Crippen molar-refractivity contribution in [3.05, 3.63) is 83.7 Å². The summed E-state index contributed by atoms with van der Waals surface area (Å²) in [5.74, 6) is 0.433. The predicted molar refractivity (Wildman–Crippen MR) is 111 cm³/mol. The first-order valence-corrected chi connectivity index (χ1v) is 9.48. The Labute approximate surface area is 177 Å². The smallest absolute Gasteiger partial charge is 0.289 e. The van der Waals surface area contributed by atoms with Gasteiger partial charge in [-0.25, -0.2) is 9.97 Å². The third kappa shape index (κ3) is 4.50. The fourth-order valence-electron chi connectivity index (χ4n) is 2.90. The molecule has 4 rings (SSSR count). The van der Waals surface area contributed by atoms with E-state index in [9.17, 15) is 9.59 Å². The van der Waals surface area contributed by atoms with Gasteiger partial charge in [0.1, 0.15) is 17.1 Å². The summed E-state index contributed by atoms with van der Waals surface area (Å²) in [4.78, 5) is 37.0. The Hall–Kier alpha value is -4.27. The highest BCUT2D eigenvalue weighted by Gasteiger charge is 2.17. The monoisotopic (exact) mass is 417 g/mol. The Morgan fingerprint density at radius 3 is 2.65 bits per heavy atom. The van der Waals surface area contributed by atoms with Crippen molar-refractivity contribution >= 4 is 17.5 Å². The van der Waals surface area contributed by atoms with Crippen molar-refractivity contribution in [3.8, 4) is 11.5 Å². The van der Waals surface area contributed by atoms with Gasteiger partial charge in [0.25, 0.3) is 11.8 Å². The first kappa shape index (κ1) is 20.0. The maximum atomic E-state index is 12.3. The lowest BCUT2D eigenvalue weighted by molar-refractivity contribution is 0.0921. The topological polar surface area (TPSA) is 123 Å². The summed E-state index contributed by atoms with van der Waals surface area (Å²) in [5.41, 5.74) is 2.69. The average molecular weight is 417 g/mol. The molecule has 0 fully saturated rings. The van der Waals surface area contributed by atoms with E-state index in [1.54, 1.807) is 56.4 Å². The van der Waals surface area contributed by atoms with Gasteiger partial charge >= 0.3 is 0 Å². The number of aromatic nitrogens is 3. The molecule has 0 aliphatic rings. The van der Waals surface area contributed by atoms with E-state index in [2.05, 4.69) is 25.6 Å². The van der Waals surface area contributed by atoms with Gasteiger partial charge in [-0.05, 0) is 44.2 Å². The minimum absolute atomic E-state index is 0.165. The Balaban J connectivity index is 1.46. The fourth-order valence-corrected chi connectivity index (χ4v) is 2.90. The van der Waals surface area contributed by atoms with Crippen LogP contribution in [-0.4, -0.2) is 26.8 Å². The number of carbonyl (C=O) groups is 2. The lowest BCUT2D eigenvalue weighted by atomic mass is 10.2. The quantitative estimate of drug-likeness (QED) is 0.492. The van der Waals surface area contributed by atoms with E-state index in [-0.39, 0.29) is 24.1 Å². The van der Waals surface area contributed by atoms with Crippen LogP contribution in [0.4, 0.5) is 5.69 Å². The van der Waals surface area contributed by atoms with Crippen LogP contribution in [0.2, 0.25) is 0 Å². The third-order valence-electron chi connectivity index (χ3n) is 4.53. The summed E-state index contributed by atoms with van der Waals surface area (Å²) < 4.78 is 10.9. The summed E-state index contributed by atoms with van der Waals surface area (Å²) in [6, 6.07) is 12.3. The molecule has 3 heterocycles. The number of hydrogen-bond donors (Lipinski definition) is 2. The number of rotatable bonds is 6. The van der Waals surface area contributed by atoms with Crippen molar-refractivity contribution in [1.29, 1.82) is 0 Å². The largest absolute Gasteiger partial charge is 0.441 e. The summed E-state index contributed by atoms with van der Waals surface area (Å²) in [6.45, 7) is 3.63. The number of hydrogen-bond acceptors (Lipinski definition) is 7. The molecular weight excluding hydrogens is 398 g/mol. The van der Waals surface area contributed by atoms with Crippen molar-refractivity contribution < 1.29 is 18.4 Å². The maximum Gasteiger partial charge on any atom is 0.289 e. The molecule has 3 aromatic heterocycles. The van der Waals surface area contributed by atoms with Crippen LogP contribution in [0.15, 0.2) is 63.9 Å². The highest BCUT2D eigenvalue weighted by atomic mass is 16.4. The zero-order valence-electron chi connectivity index (χ0n) is 16.9. The van der Waals surface area contributed by atoms with Crippen LogP contribution in [0.5, 0.6) is 0 Å². The normalized spacial score (nSPS) is 10.6. The van der Waals surface area contributed by atoms with Gasteiger partial charge in [0.2, 0.25) is 11.7 Å². The molecule has 0 aliphatic heterocycles. The van der Waals surface area contributed by atoms with Gasteiger partial charge in [-0.15, -0.1) is 0 Å². The predicted octanol–water partition coefficient (Wildman–Crippen LogP) is 3.52. The molecule has 0 aliphatic carbocycles. The minimum atomic E-state index is -0.377. The molecule has 1 aromatic carbocycles. The number of nitrogens with one attached hydrogen (secondary N) is 2. The zero-order chi connectivity index (χ0) is 21.8. The van der Waals surface area contributed by atoms with E-state index in [0.29, 0.717) is 40.0 Å². The Morgan fingerprint density at radius 2 is 1.90 bits per heavy atom. The summed E-state index contributed by atoms with van der Waals surface area (Å²) >= 11 is 0. The number of anilines is 1. The molecule has 0 radical (unpaired) electrons. The average Bonchev–Trinajstić information content (AvgIpc) is 3.38. The molecule has 31 heavy (non-hydrogen) atoms. The molecule has 9 heteroatoms. The molecule has 0 bridgehead atoms. The van der Waals surface area contributed by atoms with Gasteiger partial charge in [-0.1, -0.05) is 12.1 Å². The number of nitrogens with zero attached hydrogens (tertiary/aromatic N) is 3. The number of oxazole rings is 2. The number of pyridine rings is 1. The van der Waals surface area contributed by atoms with Gasteiger partial charge in [0.05, 0.1) is 12.2 Å². The van der Waals surface area contributed by atoms with Crippen molar-refractivity contribution in [2.45, 2.75) is 20.4 Å². The molecule has 0 saturated carbocycles. The maximum absolute atomic E-state index is 12.3. The number of aryl methyl sites for hydroxylation is 2. The van der Waals surface area contributed by atoms with Gasteiger partial charge in [-0.2, -0.15) is 0 Å². The van der Waals surface area contributed by atoms with Gasteiger partial charge in [-0.3, -0.25) is 14.6 Å². The molecule has 4 aromatic rings. The zero-order valence-corrected chi connectivity index (χ0v) is 16.9. The van der Waals surface area contributed by atoms with Crippen LogP contribution in [-0.2, 0) is 6.54 Å². The highest BCUT2D eigenvalue weighted by Crippen LogP contribution is 2.24. The van der Waals surface area contributed by atoms with Crippen LogP contribution < -0.4 is 10.6 Å². The van der Waals surface area contributed by atoms with Crippen LogP contribution >= 0.6 is 0 Å². The van der Waals surface area contributed by atoms with E-state index in [1.165, 1.54) is 6.39 Å². The number of amides is 2. The van der Waals surface area contributed by atoms with Crippen LogP contribution in [0.3, 0.4) is 0 Å². The van der Waals surface area contributed by atoms with E-state index < -0.39 is 0 Å². The summed E-state index contributed by atoms with van der Waals surface area (Å²) in [6.07, 6.45) is 2.79. The molecule has 2 amide bonds. The van der Waals surface area contributed by atoms with Gasteiger partial charge < -0.3 is 19.5 Å². The van der Waals surface area contributed by atoms with E-state index >= 15 is 0 Å². The molecule has 9 nitrogen and oxygen atoms in total. The molecule has 2 N–H and O–H groups in total. The van der Waals surface area contributed by atoms with E-state index in [0.717, 1.165) is 0 Å². The van der Waals surface area contributed by atoms with Crippen LogP contribution in [0, 0.1) is 13.8 Å². The second-order valence-corrected chi connectivity index (χ2v) is 6.72. The molecule has 156 valence electrons. The first-order valence-electron chi connectivity index (χ1n) is 9.48. The SMILES string of the molecule is Cc1ncoc1C(=O)NCc1nc(-c2cccc(NC(=O)c3ccccn3)c2)oc1C. The van der Waals surface area contributed by atoms with Crippen molar-refractivity contribution in [2.24, 2.45) is 0 Å². The Bertz CT molecular complexity index is 1230. The third-order valence-corrected chi connectivity index (χ3v) is 4.53. The van der Waals surface area contributed by atoms with Crippen molar-refractivity contribution in [2.75, 3.05) is 5.32 Å². The lowest BCUT2D eigenvalue weighted by Crippen LogP contribution is -2.23. The standard InChI is InChI=1S/C22H19N5O4/c1-13-19(30-12-25-13)21(29)24-11-18-14(2)31-22(27-18)15-6-5-7-16(10-15)26-20(28)17-8-3-4-9-23-17/h3-10,12H,11H2,1-2H3,(H,24,29)(H,26,28). The Kier molecular flexibility index (Phi) is 5.57. The molecule has 0 atom stereocenters. The lowest BCUT2D eigenvalue weighted by Gasteiger charge is -2.05. The molecule has 0 unspecified atom stereocenters. The van der Waals surface area contributed by atoms with E-state index in [1.807, 2.05) is 6.07 Å². The second-order valence-electron chi connectivity index (χ2n) is 6.72. The van der Waals surface area contributed by atoms with Crippen LogP contribution in [0.25, 0.3) is 11.5 Å². The summed E-state index contributed by atoms with van der Waals surface area (Å²) in [5, 5.41) is 5.55. The molecule has 0 spiro atoms. The summed E-state index contributed by atoms with van der Waals surface area (Å²) in [7, 11) is 0. The molecular formula is C22H19N5O4.